The summed E-state index contributed by atoms with van der Waals surface area (Å²) in [5, 5.41) is 4.13. The van der Waals surface area contributed by atoms with E-state index in [4.69, 9.17) is 4.74 Å². The van der Waals surface area contributed by atoms with Crippen molar-refractivity contribution in [1.82, 2.24) is 0 Å². The molecule has 0 fully saturated rings. The zero-order chi connectivity index (χ0) is 10.9. The molecule has 0 aliphatic carbocycles. The summed E-state index contributed by atoms with van der Waals surface area (Å²) in [4.78, 5) is 11.2. The highest BCUT2D eigenvalue weighted by Crippen LogP contribution is 2.07. The lowest BCUT2D eigenvalue weighted by molar-refractivity contribution is -0.143. The Morgan fingerprint density at radius 1 is 1.47 bits per heavy atom. The van der Waals surface area contributed by atoms with Crippen molar-refractivity contribution in [1.29, 1.82) is 0 Å². The second-order valence-electron chi connectivity index (χ2n) is 3.56. The van der Waals surface area contributed by atoms with Crippen LogP contribution in [0, 0.1) is 0 Å². The van der Waals surface area contributed by atoms with Crippen molar-refractivity contribution in [3.8, 4) is 0 Å². The maximum Gasteiger partial charge on any atom is 0.305 e. The zero-order valence-electron chi connectivity index (χ0n) is 9.20. The first-order valence-electron chi connectivity index (χ1n) is 5.49. The quantitative estimate of drug-likeness (QED) is 0.526. The number of carbonyl (C=O) groups excluding carboxylic acids is 1. The first-order chi connectivity index (χ1) is 7.33. The van der Waals surface area contributed by atoms with Gasteiger partial charge in [0.15, 0.2) is 0 Å². The normalized spacial score (nSPS) is 10.2. The van der Waals surface area contributed by atoms with Crippen LogP contribution in [0.2, 0.25) is 0 Å². The van der Waals surface area contributed by atoms with E-state index in [1.165, 1.54) is 5.56 Å². The Morgan fingerprint density at radius 2 is 2.33 bits per heavy atom. The van der Waals surface area contributed by atoms with Crippen LogP contribution in [0.1, 0.15) is 38.2 Å². The van der Waals surface area contributed by atoms with Crippen molar-refractivity contribution >= 4 is 17.3 Å². The van der Waals surface area contributed by atoms with Gasteiger partial charge < -0.3 is 4.74 Å². The van der Waals surface area contributed by atoms with Crippen LogP contribution in [0.25, 0.3) is 0 Å². The first-order valence-corrected chi connectivity index (χ1v) is 6.44. The molecule has 3 heteroatoms. The molecule has 2 nitrogen and oxygen atoms in total. The van der Waals surface area contributed by atoms with E-state index in [9.17, 15) is 4.79 Å². The summed E-state index contributed by atoms with van der Waals surface area (Å²) in [7, 11) is 0. The molecule has 1 rings (SSSR count). The molecular formula is C12H18O2S. The van der Waals surface area contributed by atoms with Gasteiger partial charge in [-0.3, -0.25) is 4.79 Å². The molecule has 0 N–H and O–H groups in total. The van der Waals surface area contributed by atoms with Crippen LogP contribution < -0.4 is 0 Å². The van der Waals surface area contributed by atoms with Gasteiger partial charge in [-0.15, -0.1) is 0 Å². The fourth-order valence-electron chi connectivity index (χ4n) is 1.31. The maximum atomic E-state index is 11.2. The van der Waals surface area contributed by atoms with Gasteiger partial charge in [0.25, 0.3) is 0 Å². The van der Waals surface area contributed by atoms with E-state index in [0.717, 1.165) is 25.7 Å². The smallest absolute Gasteiger partial charge is 0.305 e. The summed E-state index contributed by atoms with van der Waals surface area (Å²) < 4.78 is 5.13. The lowest BCUT2D eigenvalue weighted by atomic mass is 10.2. The minimum Gasteiger partial charge on any atom is -0.465 e. The fourth-order valence-corrected chi connectivity index (χ4v) is 2.01. The molecule has 0 amide bonds. The minimum atomic E-state index is -0.0568. The molecule has 84 valence electrons. The molecule has 0 aromatic carbocycles. The average molecular weight is 226 g/mol. The third-order valence-corrected chi connectivity index (χ3v) is 2.95. The molecule has 1 heterocycles. The van der Waals surface area contributed by atoms with Crippen molar-refractivity contribution in [2.75, 3.05) is 6.61 Å². The van der Waals surface area contributed by atoms with Gasteiger partial charge in [-0.2, -0.15) is 11.3 Å². The van der Waals surface area contributed by atoms with Crippen molar-refractivity contribution in [3.05, 3.63) is 22.4 Å². The molecule has 1 aromatic heterocycles. The number of ether oxygens (including phenoxy) is 1. The summed E-state index contributed by atoms with van der Waals surface area (Å²) in [6.07, 6.45) is 4.61. The summed E-state index contributed by atoms with van der Waals surface area (Å²) in [5.41, 5.74) is 1.25. The van der Waals surface area contributed by atoms with Gasteiger partial charge in [0, 0.05) is 12.8 Å². The van der Waals surface area contributed by atoms with E-state index in [1.807, 2.05) is 5.38 Å². The van der Waals surface area contributed by atoms with Crippen LogP contribution in [0.4, 0.5) is 0 Å². The highest BCUT2D eigenvalue weighted by atomic mass is 32.1. The molecule has 1 aromatic rings. The summed E-state index contributed by atoms with van der Waals surface area (Å²) >= 11 is 1.67. The molecule has 0 aliphatic heterocycles. The number of carbonyl (C=O) groups is 1. The average Bonchev–Trinajstić information content (AvgIpc) is 2.71. The molecule has 0 atom stereocenters. The molecule has 0 bridgehead atoms. The van der Waals surface area contributed by atoms with E-state index in [2.05, 4.69) is 18.4 Å². The Kier molecular flexibility index (Phi) is 6.09. The summed E-state index contributed by atoms with van der Waals surface area (Å²) in [5.74, 6) is -0.0568. The Balaban J connectivity index is 2.02. The standard InChI is InChI=1S/C12H18O2S/c1-2-3-4-5-12(13)14-8-6-11-7-9-15-10-11/h7,9-10H,2-6,8H2,1H3. The van der Waals surface area contributed by atoms with Crippen molar-refractivity contribution in [3.63, 3.8) is 0 Å². The van der Waals surface area contributed by atoms with Crippen molar-refractivity contribution in [2.24, 2.45) is 0 Å². The van der Waals surface area contributed by atoms with Gasteiger partial charge in [-0.1, -0.05) is 19.8 Å². The Bertz CT molecular complexity index is 267. The predicted molar refractivity (Wildman–Crippen MR) is 63.1 cm³/mol. The molecule has 0 saturated heterocycles. The molecule has 0 spiro atoms. The highest BCUT2D eigenvalue weighted by molar-refractivity contribution is 7.07. The number of unbranched alkanes of at least 4 members (excludes halogenated alkanes) is 2. The second kappa shape index (κ2) is 7.46. The van der Waals surface area contributed by atoms with E-state index >= 15 is 0 Å². The van der Waals surface area contributed by atoms with Gasteiger partial charge in [-0.25, -0.2) is 0 Å². The van der Waals surface area contributed by atoms with Crippen molar-refractivity contribution in [2.45, 2.75) is 39.0 Å². The van der Waals surface area contributed by atoms with Crippen LogP contribution >= 0.6 is 11.3 Å². The summed E-state index contributed by atoms with van der Waals surface area (Å²) in [6.45, 7) is 2.64. The van der Waals surface area contributed by atoms with Gasteiger partial charge >= 0.3 is 5.97 Å². The number of esters is 1. The van der Waals surface area contributed by atoms with E-state index in [0.29, 0.717) is 13.0 Å². The number of hydrogen-bond donors (Lipinski definition) is 0. The number of hydrogen-bond acceptors (Lipinski definition) is 3. The van der Waals surface area contributed by atoms with Gasteiger partial charge in [0.05, 0.1) is 6.61 Å². The Labute approximate surface area is 95.3 Å². The second-order valence-corrected chi connectivity index (χ2v) is 4.34. The van der Waals surface area contributed by atoms with Crippen LogP contribution in [-0.4, -0.2) is 12.6 Å². The predicted octanol–water partition coefficient (Wildman–Crippen LogP) is 3.41. The van der Waals surface area contributed by atoms with Crippen LogP contribution in [0.5, 0.6) is 0 Å². The van der Waals surface area contributed by atoms with Gasteiger partial charge in [-0.05, 0) is 28.8 Å². The van der Waals surface area contributed by atoms with Gasteiger partial charge in [0.2, 0.25) is 0 Å². The fraction of sp³-hybridized carbons (Fsp3) is 0.583. The molecule has 0 aliphatic rings. The topological polar surface area (TPSA) is 26.3 Å². The van der Waals surface area contributed by atoms with E-state index in [1.54, 1.807) is 11.3 Å². The summed E-state index contributed by atoms with van der Waals surface area (Å²) in [6, 6.07) is 2.07. The zero-order valence-corrected chi connectivity index (χ0v) is 10.0. The Hall–Kier alpha value is -0.830. The van der Waals surface area contributed by atoms with Crippen molar-refractivity contribution < 1.29 is 9.53 Å². The minimum absolute atomic E-state index is 0.0568. The largest absolute Gasteiger partial charge is 0.465 e. The van der Waals surface area contributed by atoms with Crippen LogP contribution in [-0.2, 0) is 16.0 Å². The SMILES string of the molecule is CCCCCC(=O)OCCc1ccsc1. The highest BCUT2D eigenvalue weighted by Gasteiger charge is 2.02. The lowest BCUT2D eigenvalue weighted by Gasteiger charge is -2.03. The molecule has 0 unspecified atom stereocenters. The van der Waals surface area contributed by atoms with Gasteiger partial charge in [0.1, 0.15) is 0 Å². The molecule has 0 radical (unpaired) electrons. The van der Waals surface area contributed by atoms with Crippen LogP contribution in [0.15, 0.2) is 16.8 Å². The Morgan fingerprint density at radius 3 is 3.00 bits per heavy atom. The lowest BCUT2D eigenvalue weighted by Crippen LogP contribution is -2.07. The molecular weight excluding hydrogens is 208 g/mol. The number of thiophene rings is 1. The third kappa shape index (κ3) is 5.57. The molecule has 15 heavy (non-hydrogen) atoms. The number of rotatable bonds is 7. The van der Waals surface area contributed by atoms with Crippen LogP contribution in [0.3, 0.4) is 0 Å². The maximum absolute atomic E-state index is 11.2. The van der Waals surface area contributed by atoms with E-state index in [-0.39, 0.29) is 5.97 Å². The monoisotopic (exact) mass is 226 g/mol. The third-order valence-electron chi connectivity index (χ3n) is 2.22. The molecule has 0 saturated carbocycles. The first kappa shape index (κ1) is 12.2. The van der Waals surface area contributed by atoms with E-state index < -0.39 is 0 Å².